The third-order valence-electron chi connectivity index (χ3n) is 4.90. The van der Waals surface area contributed by atoms with Crippen molar-refractivity contribution >= 4 is 11.9 Å². The highest BCUT2D eigenvalue weighted by Gasteiger charge is 2.18. The largest absolute Gasteiger partial charge is 0.488 e. The zero-order valence-electron chi connectivity index (χ0n) is 18.3. The minimum atomic E-state index is -0.0879. The predicted octanol–water partition coefficient (Wildman–Crippen LogP) is 2.53. The first-order valence-electron chi connectivity index (χ1n) is 10.8. The van der Waals surface area contributed by atoms with Gasteiger partial charge in [-0.05, 0) is 31.0 Å². The summed E-state index contributed by atoms with van der Waals surface area (Å²) in [6.07, 6.45) is 0.989. The third-order valence-corrected chi connectivity index (χ3v) is 4.90. The van der Waals surface area contributed by atoms with E-state index in [1.165, 1.54) is 0 Å². The van der Waals surface area contributed by atoms with E-state index in [-0.39, 0.29) is 18.6 Å². The van der Waals surface area contributed by atoms with Gasteiger partial charge in [-0.25, -0.2) is 4.99 Å². The molecule has 1 atom stereocenters. The van der Waals surface area contributed by atoms with Crippen molar-refractivity contribution in [3.05, 3.63) is 65.2 Å². The highest BCUT2D eigenvalue weighted by molar-refractivity contribution is 5.86. The summed E-state index contributed by atoms with van der Waals surface area (Å²) in [4.78, 5) is 16.8. The van der Waals surface area contributed by atoms with Gasteiger partial charge in [0.1, 0.15) is 11.9 Å². The molecule has 31 heavy (non-hydrogen) atoms. The molecule has 1 unspecified atom stereocenters. The van der Waals surface area contributed by atoms with Crippen LogP contribution in [0.5, 0.6) is 5.75 Å². The van der Waals surface area contributed by atoms with Crippen molar-refractivity contribution in [3.8, 4) is 5.75 Å². The second-order valence-corrected chi connectivity index (χ2v) is 7.53. The molecule has 0 aromatic heterocycles. The molecule has 7 heteroatoms. The molecule has 0 spiro atoms. The Balaban J connectivity index is 1.55. The number of guanidine groups is 1. The summed E-state index contributed by atoms with van der Waals surface area (Å²) in [5.74, 6) is 1.35. The SMILES string of the molecule is CCNC(=NCc1ccc(C)cc1OC1CCOC1)NCC(=O)NCc1ccccc1. The number of carbonyl (C=O) groups excluding carboxylic acids is 1. The second-order valence-electron chi connectivity index (χ2n) is 7.53. The van der Waals surface area contributed by atoms with Gasteiger partial charge < -0.3 is 25.4 Å². The fraction of sp³-hybridized carbons (Fsp3) is 0.417. The Morgan fingerprint density at radius 1 is 1.16 bits per heavy atom. The minimum Gasteiger partial charge on any atom is -0.488 e. The van der Waals surface area contributed by atoms with Crippen LogP contribution in [0.1, 0.15) is 30.0 Å². The van der Waals surface area contributed by atoms with Crippen molar-refractivity contribution < 1.29 is 14.3 Å². The molecule has 1 saturated heterocycles. The lowest BCUT2D eigenvalue weighted by molar-refractivity contribution is -0.120. The van der Waals surface area contributed by atoms with Gasteiger partial charge in [0.05, 0.1) is 26.3 Å². The summed E-state index contributed by atoms with van der Waals surface area (Å²) in [5, 5.41) is 9.19. The number of rotatable bonds is 9. The van der Waals surface area contributed by atoms with Crippen LogP contribution in [0.4, 0.5) is 0 Å². The van der Waals surface area contributed by atoms with Crippen molar-refractivity contribution in [3.63, 3.8) is 0 Å². The highest BCUT2D eigenvalue weighted by atomic mass is 16.5. The molecule has 1 fully saturated rings. The summed E-state index contributed by atoms with van der Waals surface area (Å²) in [7, 11) is 0. The lowest BCUT2D eigenvalue weighted by Crippen LogP contribution is -2.43. The Morgan fingerprint density at radius 2 is 2.00 bits per heavy atom. The van der Waals surface area contributed by atoms with Crippen LogP contribution in [0.3, 0.4) is 0 Å². The molecule has 2 aromatic carbocycles. The van der Waals surface area contributed by atoms with E-state index in [2.05, 4.69) is 27.0 Å². The van der Waals surface area contributed by atoms with E-state index in [1.54, 1.807) is 0 Å². The number of carbonyl (C=O) groups is 1. The van der Waals surface area contributed by atoms with E-state index in [1.807, 2.05) is 56.3 Å². The van der Waals surface area contributed by atoms with Crippen molar-refractivity contribution in [1.82, 2.24) is 16.0 Å². The number of amides is 1. The number of ether oxygens (including phenoxy) is 2. The monoisotopic (exact) mass is 424 g/mol. The minimum absolute atomic E-state index is 0.0872. The Kier molecular flexibility index (Phi) is 8.72. The summed E-state index contributed by atoms with van der Waals surface area (Å²) in [6.45, 7) is 7.21. The van der Waals surface area contributed by atoms with Gasteiger partial charge in [-0.1, -0.05) is 42.5 Å². The normalized spacial score (nSPS) is 16.1. The van der Waals surface area contributed by atoms with E-state index >= 15 is 0 Å². The van der Waals surface area contributed by atoms with Crippen LogP contribution in [-0.4, -0.2) is 44.3 Å². The molecule has 1 heterocycles. The van der Waals surface area contributed by atoms with E-state index in [9.17, 15) is 4.79 Å². The lowest BCUT2D eigenvalue weighted by Gasteiger charge is -2.16. The van der Waals surface area contributed by atoms with Gasteiger partial charge in [0, 0.05) is 25.1 Å². The standard InChI is InChI=1S/C24H32N4O3/c1-3-25-24(28-16-23(29)26-14-19-7-5-4-6-8-19)27-15-20-10-9-18(2)13-22(20)31-21-11-12-30-17-21/h4-10,13,21H,3,11-12,14-17H2,1-2H3,(H,26,29)(H2,25,27,28). The Hall–Kier alpha value is -3.06. The molecule has 1 amide bonds. The first-order valence-corrected chi connectivity index (χ1v) is 10.8. The van der Waals surface area contributed by atoms with Crippen LogP contribution >= 0.6 is 0 Å². The Labute approximate surface area is 184 Å². The number of nitrogens with zero attached hydrogens (tertiary/aromatic N) is 1. The van der Waals surface area contributed by atoms with Gasteiger partial charge in [0.2, 0.25) is 5.91 Å². The van der Waals surface area contributed by atoms with Gasteiger partial charge in [-0.3, -0.25) is 4.79 Å². The van der Waals surface area contributed by atoms with Gasteiger partial charge in [0.25, 0.3) is 0 Å². The van der Waals surface area contributed by atoms with Crippen LogP contribution < -0.4 is 20.7 Å². The molecule has 1 aliphatic heterocycles. The van der Waals surface area contributed by atoms with Crippen LogP contribution in [0.2, 0.25) is 0 Å². The Bertz CT molecular complexity index is 864. The molecule has 0 saturated carbocycles. The van der Waals surface area contributed by atoms with Crippen molar-refractivity contribution in [1.29, 1.82) is 0 Å². The first-order chi connectivity index (χ1) is 15.1. The average molecular weight is 425 g/mol. The summed E-state index contributed by atoms with van der Waals surface area (Å²) in [5.41, 5.74) is 3.21. The fourth-order valence-electron chi connectivity index (χ4n) is 3.22. The van der Waals surface area contributed by atoms with Crippen LogP contribution in [0.15, 0.2) is 53.5 Å². The molecule has 166 valence electrons. The average Bonchev–Trinajstić information content (AvgIpc) is 3.29. The van der Waals surface area contributed by atoms with Crippen LogP contribution in [-0.2, 0) is 22.6 Å². The zero-order valence-corrected chi connectivity index (χ0v) is 18.3. The molecule has 3 N–H and O–H groups in total. The smallest absolute Gasteiger partial charge is 0.239 e. The fourth-order valence-corrected chi connectivity index (χ4v) is 3.22. The molecule has 0 bridgehead atoms. The molecule has 0 radical (unpaired) electrons. The predicted molar refractivity (Wildman–Crippen MR) is 122 cm³/mol. The molecule has 7 nitrogen and oxygen atoms in total. The maximum absolute atomic E-state index is 12.2. The van der Waals surface area contributed by atoms with E-state index in [0.717, 1.165) is 35.5 Å². The van der Waals surface area contributed by atoms with Gasteiger partial charge in [0.15, 0.2) is 5.96 Å². The summed E-state index contributed by atoms with van der Waals surface area (Å²) < 4.78 is 11.6. The number of aliphatic imine (C=N–C) groups is 1. The quantitative estimate of drug-likeness (QED) is 0.426. The maximum atomic E-state index is 12.2. The Morgan fingerprint density at radius 3 is 2.74 bits per heavy atom. The number of hydrogen-bond donors (Lipinski definition) is 3. The molecule has 3 rings (SSSR count). The van der Waals surface area contributed by atoms with Gasteiger partial charge >= 0.3 is 0 Å². The second kappa shape index (κ2) is 12.0. The number of aryl methyl sites for hydroxylation is 1. The van der Waals surface area contributed by atoms with Crippen LogP contribution in [0, 0.1) is 6.92 Å². The molecule has 0 aliphatic carbocycles. The zero-order chi connectivity index (χ0) is 21.9. The van der Waals surface area contributed by atoms with Gasteiger partial charge in [-0.15, -0.1) is 0 Å². The van der Waals surface area contributed by atoms with Crippen molar-refractivity contribution in [2.45, 2.75) is 39.5 Å². The van der Waals surface area contributed by atoms with Crippen molar-refractivity contribution in [2.24, 2.45) is 4.99 Å². The molecule has 1 aliphatic rings. The summed E-state index contributed by atoms with van der Waals surface area (Å²) >= 11 is 0. The van der Waals surface area contributed by atoms with E-state index in [0.29, 0.717) is 32.2 Å². The molecule has 2 aromatic rings. The van der Waals surface area contributed by atoms with Crippen LogP contribution in [0.25, 0.3) is 0 Å². The highest BCUT2D eigenvalue weighted by Crippen LogP contribution is 2.24. The molecular formula is C24H32N4O3. The number of hydrogen-bond acceptors (Lipinski definition) is 4. The number of nitrogens with one attached hydrogen (secondary N) is 3. The van der Waals surface area contributed by atoms with E-state index in [4.69, 9.17) is 9.47 Å². The topological polar surface area (TPSA) is 84.0 Å². The van der Waals surface area contributed by atoms with E-state index < -0.39 is 0 Å². The maximum Gasteiger partial charge on any atom is 0.239 e. The van der Waals surface area contributed by atoms with Crippen molar-refractivity contribution in [2.75, 3.05) is 26.3 Å². The lowest BCUT2D eigenvalue weighted by atomic mass is 10.1. The summed E-state index contributed by atoms with van der Waals surface area (Å²) in [6, 6.07) is 16.0. The molecular weight excluding hydrogens is 392 g/mol. The first kappa shape index (κ1) is 22.6. The number of benzene rings is 2. The third kappa shape index (κ3) is 7.61. The van der Waals surface area contributed by atoms with Gasteiger partial charge in [-0.2, -0.15) is 0 Å².